The van der Waals surface area contributed by atoms with Crippen molar-refractivity contribution in [2.24, 2.45) is 0 Å². The van der Waals surface area contributed by atoms with Crippen LogP contribution in [0.4, 0.5) is 5.69 Å². The van der Waals surface area contributed by atoms with Gasteiger partial charge >= 0.3 is 0 Å². The molecule has 1 aromatic heterocycles. The first-order chi connectivity index (χ1) is 12.0. The zero-order chi connectivity index (χ0) is 17.6. The Morgan fingerprint density at radius 3 is 2.88 bits per heavy atom. The van der Waals surface area contributed by atoms with Gasteiger partial charge in [0.1, 0.15) is 11.6 Å². The molecule has 0 saturated carbocycles. The third-order valence-electron chi connectivity index (χ3n) is 5.08. The summed E-state index contributed by atoms with van der Waals surface area (Å²) in [6.45, 7) is 4.90. The number of hydrogen-bond acceptors (Lipinski definition) is 4. The lowest BCUT2D eigenvalue weighted by atomic mass is 10.0. The molecular formula is C18H21N5O2. The van der Waals surface area contributed by atoms with Crippen LogP contribution in [0.1, 0.15) is 40.9 Å². The molecule has 1 atom stereocenters. The van der Waals surface area contributed by atoms with E-state index in [1.807, 2.05) is 19.1 Å². The number of nitrogens with zero attached hydrogens (tertiary/aromatic N) is 4. The second-order valence-electron chi connectivity index (χ2n) is 6.75. The molecule has 1 N–H and O–H groups in total. The molecular weight excluding hydrogens is 318 g/mol. The maximum atomic E-state index is 12.6. The lowest BCUT2D eigenvalue weighted by Crippen LogP contribution is -2.41. The van der Waals surface area contributed by atoms with E-state index in [-0.39, 0.29) is 17.9 Å². The highest BCUT2D eigenvalue weighted by molar-refractivity contribution is 5.98. The lowest BCUT2D eigenvalue weighted by molar-refractivity contribution is -0.116. The minimum absolute atomic E-state index is 0.0401. The smallest absolute Gasteiger partial charge is 0.251 e. The summed E-state index contributed by atoms with van der Waals surface area (Å²) >= 11 is 0. The van der Waals surface area contributed by atoms with E-state index >= 15 is 0 Å². The van der Waals surface area contributed by atoms with Gasteiger partial charge in [0.2, 0.25) is 5.91 Å². The van der Waals surface area contributed by atoms with Crippen LogP contribution in [0.5, 0.6) is 0 Å². The second kappa shape index (κ2) is 5.98. The SMILES string of the molecule is CC(=O)N1CCc2cc(C(=O)NC3CCc4nnc(C)n4C3)ccc21. The lowest BCUT2D eigenvalue weighted by Gasteiger charge is -2.25. The van der Waals surface area contributed by atoms with Crippen LogP contribution in [-0.2, 0) is 24.2 Å². The monoisotopic (exact) mass is 339 g/mol. The quantitative estimate of drug-likeness (QED) is 0.893. The zero-order valence-corrected chi connectivity index (χ0v) is 14.5. The minimum Gasteiger partial charge on any atom is -0.347 e. The summed E-state index contributed by atoms with van der Waals surface area (Å²) in [5, 5.41) is 11.4. The van der Waals surface area contributed by atoms with Crippen LogP contribution in [0.25, 0.3) is 0 Å². The summed E-state index contributed by atoms with van der Waals surface area (Å²) in [5.74, 6) is 1.85. The summed E-state index contributed by atoms with van der Waals surface area (Å²) in [4.78, 5) is 26.0. The van der Waals surface area contributed by atoms with Crippen molar-refractivity contribution in [1.82, 2.24) is 20.1 Å². The van der Waals surface area contributed by atoms with Crippen LogP contribution >= 0.6 is 0 Å². The Morgan fingerprint density at radius 1 is 1.24 bits per heavy atom. The molecule has 2 aliphatic heterocycles. The van der Waals surface area contributed by atoms with Gasteiger partial charge in [-0.1, -0.05) is 0 Å². The van der Waals surface area contributed by atoms with Crippen molar-refractivity contribution >= 4 is 17.5 Å². The topological polar surface area (TPSA) is 80.1 Å². The van der Waals surface area contributed by atoms with Crippen LogP contribution in [0.3, 0.4) is 0 Å². The normalized spacial score (nSPS) is 18.6. The Morgan fingerprint density at radius 2 is 2.08 bits per heavy atom. The first-order valence-corrected chi connectivity index (χ1v) is 8.63. The average molecular weight is 339 g/mol. The number of rotatable bonds is 2. The number of carbonyl (C=O) groups excluding carboxylic acids is 2. The Bertz CT molecular complexity index is 857. The molecule has 1 aromatic carbocycles. The molecule has 0 fully saturated rings. The molecule has 0 radical (unpaired) electrons. The summed E-state index contributed by atoms with van der Waals surface area (Å²) < 4.78 is 2.07. The van der Waals surface area contributed by atoms with Gasteiger partial charge in [-0.3, -0.25) is 9.59 Å². The number of aryl methyl sites for hydroxylation is 2. The van der Waals surface area contributed by atoms with Crippen molar-refractivity contribution in [3.8, 4) is 0 Å². The predicted octanol–water partition coefficient (Wildman–Crippen LogP) is 1.24. The number of aromatic nitrogens is 3. The van der Waals surface area contributed by atoms with Crippen LogP contribution < -0.4 is 10.2 Å². The Balaban J connectivity index is 1.48. The fraction of sp³-hybridized carbons (Fsp3) is 0.444. The molecule has 7 heteroatoms. The number of anilines is 1. The first-order valence-electron chi connectivity index (χ1n) is 8.63. The van der Waals surface area contributed by atoms with E-state index < -0.39 is 0 Å². The molecule has 7 nitrogen and oxygen atoms in total. The van der Waals surface area contributed by atoms with Gasteiger partial charge in [0.05, 0.1) is 0 Å². The van der Waals surface area contributed by atoms with Crippen LogP contribution in [0.2, 0.25) is 0 Å². The fourth-order valence-electron chi connectivity index (χ4n) is 3.72. The van der Waals surface area contributed by atoms with Gasteiger partial charge in [-0.15, -0.1) is 10.2 Å². The van der Waals surface area contributed by atoms with E-state index in [0.29, 0.717) is 18.7 Å². The molecule has 0 spiro atoms. The largest absolute Gasteiger partial charge is 0.347 e. The van der Waals surface area contributed by atoms with E-state index in [1.165, 1.54) is 0 Å². The number of hydrogen-bond donors (Lipinski definition) is 1. The molecule has 0 bridgehead atoms. The molecule has 0 saturated heterocycles. The van der Waals surface area contributed by atoms with Crippen molar-refractivity contribution in [3.63, 3.8) is 0 Å². The molecule has 1 unspecified atom stereocenters. The van der Waals surface area contributed by atoms with Crippen molar-refractivity contribution in [2.45, 2.75) is 45.7 Å². The van der Waals surface area contributed by atoms with Crippen LogP contribution in [0, 0.1) is 6.92 Å². The van der Waals surface area contributed by atoms with Gasteiger partial charge in [-0.05, 0) is 43.5 Å². The third-order valence-corrected chi connectivity index (χ3v) is 5.08. The van der Waals surface area contributed by atoms with E-state index in [1.54, 1.807) is 17.9 Å². The molecule has 130 valence electrons. The molecule has 2 aliphatic rings. The summed E-state index contributed by atoms with van der Waals surface area (Å²) in [6.07, 6.45) is 2.49. The van der Waals surface area contributed by atoms with Gasteiger partial charge in [-0.2, -0.15) is 0 Å². The fourth-order valence-corrected chi connectivity index (χ4v) is 3.72. The number of benzene rings is 1. The van der Waals surface area contributed by atoms with Crippen molar-refractivity contribution in [2.75, 3.05) is 11.4 Å². The highest BCUT2D eigenvalue weighted by Crippen LogP contribution is 2.29. The molecule has 0 aliphatic carbocycles. The van der Waals surface area contributed by atoms with E-state index in [0.717, 1.165) is 42.2 Å². The number of fused-ring (bicyclic) bond motifs is 2. The number of carbonyl (C=O) groups is 2. The van der Waals surface area contributed by atoms with Crippen molar-refractivity contribution in [3.05, 3.63) is 41.0 Å². The molecule has 2 amide bonds. The van der Waals surface area contributed by atoms with Crippen LogP contribution in [-0.4, -0.2) is 39.2 Å². The minimum atomic E-state index is -0.0664. The Hall–Kier alpha value is -2.70. The maximum Gasteiger partial charge on any atom is 0.251 e. The van der Waals surface area contributed by atoms with E-state index in [9.17, 15) is 9.59 Å². The highest BCUT2D eigenvalue weighted by atomic mass is 16.2. The van der Waals surface area contributed by atoms with Gasteiger partial charge in [0.25, 0.3) is 5.91 Å². The average Bonchev–Trinajstić information content (AvgIpc) is 3.18. The Labute approximate surface area is 146 Å². The van der Waals surface area contributed by atoms with E-state index in [2.05, 4.69) is 20.1 Å². The zero-order valence-electron chi connectivity index (χ0n) is 14.5. The maximum absolute atomic E-state index is 12.6. The number of nitrogens with one attached hydrogen (secondary N) is 1. The first kappa shape index (κ1) is 15.8. The van der Waals surface area contributed by atoms with Gasteiger partial charge in [0, 0.05) is 43.7 Å². The van der Waals surface area contributed by atoms with Crippen molar-refractivity contribution in [1.29, 1.82) is 0 Å². The summed E-state index contributed by atoms with van der Waals surface area (Å²) in [5.41, 5.74) is 2.63. The third kappa shape index (κ3) is 2.79. The summed E-state index contributed by atoms with van der Waals surface area (Å²) in [6, 6.07) is 5.66. The van der Waals surface area contributed by atoms with Gasteiger partial charge < -0.3 is 14.8 Å². The van der Waals surface area contributed by atoms with E-state index in [4.69, 9.17) is 0 Å². The van der Waals surface area contributed by atoms with Crippen LogP contribution in [0.15, 0.2) is 18.2 Å². The van der Waals surface area contributed by atoms with Gasteiger partial charge in [0.15, 0.2) is 0 Å². The molecule has 25 heavy (non-hydrogen) atoms. The van der Waals surface area contributed by atoms with Crippen molar-refractivity contribution < 1.29 is 9.59 Å². The van der Waals surface area contributed by atoms with Gasteiger partial charge in [-0.25, -0.2) is 0 Å². The molecule has 4 rings (SSSR count). The molecule has 3 heterocycles. The highest BCUT2D eigenvalue weighted by Gasteiger charge is 2.25. The summed E-state index contributed by atoms with van der Waals surface area (Å²) in [7, 11) is 0. The molecule has 2 aromatic rings. The standard InChI is InChI=1S/C18H21N5O2/c1-11-20-21-17-6-4-15(10-23(11)17)19-18(25)14-3-5-16-13(9-14)7-8-22(16)12(2)24/h3,5,9,15H,4,6-8,10H2,1-2H3,(H,19,25). The predicted molar refractivity (Wildman–Crippen MR) is 92.5 cm³/mol. The second-order valence-corrected chi connectivity index (χ2v) is 6.75. The Kier molecular flexibility index (Phi) is 3.78. The number of amides is 2.